The van der Waals surface area contributed by atoms with Crippen LogP contribution < -0.4 is 10.1 Å². The summed E-state index contributed by atoms with van der Waals surface area (Å²) in [5.41, 5.74) is 2.11. The molecular weight excluding hydrogens is 399 g/mol. The van der Waals surface area contributed by atoms with Crippen molar-refractivity contribution in [3.05, 3.63) is 82.9 Å². The van der Waals surface area contributed by atoms with E-state index in [0.717, 1.165) is 11.1 Å². The fourth-order valence-electron chi connectivity index (χ4n) is 3.67. The number of carbonyl (C=O) groups is 2. The zero-order valence-corrected chi connectivity index (χ0v) is 17.2. The van der Waals surface area contributed by atoms with E-state index in [2.05, 4.69) is 10.4 Å². The monoisotopic (exact) mass is 422 g/mol. The molecule has 0 atom stereocenters. The van der Waals surface area contributed by atoms with E-state index in [1.54, 1.807) is 28.8 Å². The number of methoxy groups -OCH3 is 1. The van der Waals surface area contributed by atoms with Gasteiger partial charge in [0.1, 0.15) is 17.3 Å². The molecule has 1 N–H and O–H groups in total. The van der Waals surface area contributed by atoms with Crippen molar-refractivity contribution in [1.82, 2.24) is 20.0 Å². The number of aryl methyl sites for hydroxylation is 1. The molecule has 0 spiro atoms. The van der Waals surface area contributed by atoms with Gasteiger partial charge in [-0.25, -0.2) is 4.39 Å². The van der Waals surface area contributed by atoms with E-state index >= 15 is 0 Å². The third-order valence-electron chi connectivity index (χ3n) is 5.21. The average Bonchev–Trinajstić information content (AvgIpc) is 3.15. The maximum atomic E-state index is 13.5. The van der Waals surface area contributed by atoms with Crippen LogP contribution in [0.1, 0.15) is 38.5 Å². The number of benzene rings is 2. The first kappa shape index (κ1) is 20.6. The van der Waals surface area contributed by atoms with Gasteiger partial charge in [0.25, 0.3) is 11.8 Å². The number of halogens is 1. The molecule has 7 nitrogen and oxygen atoms in total. The Morgan fingerprint density at radius 1 is 1.16 bits per heavy atom. The van der Waals surface area contributed by atoms with Crippen molar-refractivity contribution in [1.29, 1.82) is 0 Å². The molecule has 2 aromatic carbocycles. The van der Waals surface area contributed by atoms with Gasteiger partial charge in [-0.05, 0) is 30.2 Å². The van der Waals surface area contributed by atoms with Crippen molar-refractivity contribution in [3.8, 4) is 5.75 Å². The van der Waals surface area contributed by atoms with Crippen molar-refractivity contribution >= 4 is 11.8 Å². The van der Waals surface area contributed by atoms with E-state index in [0.29, 0.717) is 37.5 Å². The van der Waals surface area contributed by atoms with Crippen LogP contribution in [-0.2, 0) is 19.6 Å². The van der Waals surface area contributed by atoms with Gasteiger partial charge in [-0.1, -0.05) is 30.3 Å². The SMILES string of the molecule is COc1ccccc1CNC(=O)c1cc2n(n1)CCCN(Cc1cccc(F)c1)C2=O. The van der Waals surface area contributed by atoms with Gasteiger partial charge in [0.15, 0.2) is 5.69 Å². The highest BCUT2D eigenvalue weighted by Crippen LogP contribution is 2.19. The highest BCUT2D eigenvalue weighted by molar-refractivity contribution is 5.98. The van der Waals surface area contributed by atoms with Crippen LogP contribution in [0.25, 0.3) is 0 Å². The average molecular weight is 422 g/mol. The quantitative estimate of drug-likeness (QED) is 0.663. The summed E-state index contributed by atoms with van der Waals surface area (Å²) in [6.45, 7) is 1.65. The molecule has 1 aliphatic heterocycles. The summed E-state index contributed by atoms with van der Waals surface area (Å²) in [5, 5.41) is 7.16. The number of fused-ring (bicyclic) bond motifs is 1. The molecule has 2 amide bonds. The first-order chi connectivity index (χ1) is 15.0. The van der Waals surface area contributed by atoms with Gasteiger partial charge in [-0.2, -0.15) is 5.10 Å². The third kappa shape index (κ3) is 4.58. The van der Waals surface area contributed by atoms with Crippen LogP contribution in [0.5, 0.6) is 5.75 Å². The molecule has 8 heteroatoms. The molecule has 0 radical (unpaired) electrons. The Balaban J connectivity index is 1.47. The minimum atomic E-state index is -0.365. The number of carbonyl (C=O) groups excluding carboxylic acids is 2. The minimum absolute atomic E-state index is 0.186. The largest absolute Gasteiger partial charge is 0.496 e. The molecule has 0 saturated heterocycles. The molecule has 0 aliphatic carbocycles. The maximum absolute atomic E-state index is 13.5. The number of nitrogens with one attached hydrogen (secondary N) is 1. The van der Waals surface area contributed by atoms with E-state index < -0.39 is 0 Å². The molecule has 3 aromatic rings. The molecule has 0 unspecified atom stereocenters. The standard InChI is InChI=1S/C23H23FN4O3/c1-31-21-9-3-2-7-17(21)14-25-22(29)19-13-20-23(30)27(10-5-11-28(20)26-19)15-16-6-4-8-18(24)12-16/h2-4,6-9,12-13H,5,10-11,14-15H2,1H3,(H,25,29). The van der Waals surface area contributed by atoms with Gasteiger partial charge in [-0.3, -0.25) is 14.3 Å². The van der Waals surface area contributed by atoms with E-state index in [1.165, 1.54) is 18.2 Å². The Bertz CT molecular complexity index is 1110. The zero-order valence-electron chi connectivity index (χ0n) is 17.2. The summed E-state index contributed by atoms with van der Waals surface area (Å²) in [5.74, 6) is -0.237. The van der Waals surface area contributed by atoms with Gasteiger partial charge >= 0.3 is 0 Å². The number of aromatic nitrogens is 2. The molecule has 31 heavy (non-hydrogen) atoms. The summed E-state index contributed by atoms with van der Waals surface area (Å²) in [6, 6.07) is 15.2. The van der Waals surface area contributed by atoms with Crippen molar-refractivity contribution in [2.24, 2.45) is 0 Å². The second kappa shape index (κ2) is 8.99. The second-order valence-electron chi connectivity index (χ2n) is 7.34. The van der Waals surface area contributed by atoms with Gasteiger partial charge < -0.3 is 15.0 Å². The lowest BCUT2D eigenvalue weighted by molar-refractivity contribution is 0.0745. The van der Waals surface area contributed by atoms with Crippen LogP contribution in [0.3, 0.4) is 0 Å². The topological polar surface area (TPSA) is 76.5 Å². The van der Waals surface area contributed by atoms with Gasteiger partial charge in [0.2, 0.25) is 0 Å². The molecule has 0 bridgehead atoms. The van der Waals surface area contributed by atoms with Gasteiger partial charge in [0, 0.05) is 37.8 Å². The van der Waals surface area contributed by atoms with Crippen LogP contribution >= 0.6 is 0 Å². The van der Waals surface area contributed by atoms with E-state index in [9.17, 15) is 14.0 Å². The van der Waals surface area contributed by atoms with E-state index in [-0.39, 0.29) is 29.9 Å². The highest BCUT2D eigenvalue weighted by atomic mass is 19.1. The Morgan fingerprint density at radius 2 is 2.00 bits per heavy atom. The highest BCUT2D eigenvalue weighted by Gasteiger charge is 2.26. The van der Waals surface area contributed by atoms with Crippen molar-refractivity contribution in [2.45, 2.75) is 26.1 Å². The minimum Gasteiger partial charge on any atom is -0.496 e. The predicted octanol–water partition coefficient (Wildman–Crippen LogP) is 3.01. The van der Waals surface area contributed by atoms with Crippen LogP contribution in [-0.4, -0.2) is 40.1 Å². The number of rotatable bonds is 6. The summed E-state index contributed by atoms with van der Waals surface area (Å²) < 4.78 is 20.4. The van der Waals surface area contributed by atoms with E-state index in [1.807, 2.05) is 24.3 Å². The van der Waals surface area contributed by atoms with Crippen molar-refractivity contribution in [3.63, 3.8) is 0 Å². The van der Waals surface area contributed by atoms with Crippen LogP contribution in [0.15, 0.2) is 54.6 Å². The third-order valence-corrected chi connectivity index (χ3v) is 5.21. The Kier molecular flexibility index (Phi) is 5.97. The number of ether oxygens (including phenoxy) is 1. The molecular formula is C23H23FN4O3. The van der Waals surface area contributed by atoms with E-state index in [4.69, 9.17) is 4.74 Å². The van der Waals surface area contributed by atoms with Gasteiger partial charge in [-0.15, -0.1) is 0 Å². The Labute approximate surface area is 179 Å². The number of para-hydroxylation sites is 1. The van der Waals surface area contributed by atoms with Gasteiger partial charge in [0.05, 0.1) is 7.11 Å². The number of amides is 2. The Morgan fingerprint density at radius 3 is 2.81 bits per heavy atom. The van der Waals surface area contributed by atoms with Crippen LogP contribution in [0, 0.1) is 5.82 Å². The smallest absolute Gasteiger partial charge is 0.272 e. The summed E-state index contributed by atoms with van der Waals surface area (Å²) >= 11 is 0. The molecule has 2 heterocycles. The van der Waals surface area contributed by atoms with Crippen LogP contribution in [0.2, 0.25) is 0 Å². The van der Waals surface area contributed by atoms with Crippen molar-refractivity contribution < 1.29 is 18.7 Å². The molecule has 4 rings (SSSR count). The fraction of sp³-hybridized carbons (Fsp3) is 0.261. The lowest BCUT2D eigenvalue weighted by Crippen LogP contribution is -2.30. The Hall–Kier alpha value is -3.68. The zero-order chi connectivity index (χ0) is 21.8. The summed E-state index contributed by atoms with van der Waals surface area (Å²) in [6.07, 6.45) is 0.692. The number of hydrogen-bond donors (Lipinski definition) is 1. The lowest BCUT2D eigenvalue weighted by atomic mass is 10.2. The first-order valence-corrected chi connectivity index (χ1v) is 10.1. The summed E-state index contributed by atoms with van der Waals surface area (Å²) in [4.78, 5) is 27.4. The first-order valence-electron chi connectivity index (χ1n) is 10.1. The second-order valence-corrected chi connectivity index (χ2v) is 7.34. The molecule has 0 fully saturated rings. The molecule has 160 valence electrons. The predicted molar refractivity (Wildman–Crippen MR) is 112 cm³/mol. The maximum Gasteiger partial charge on any atom is 0.272 e. The van der Waals surface area contributed by atoms with Crippen LogP contribution in [0.4, 0.5) is 4.39 Å². The lowest BCUT2D eigenvalue weighted by Gasteiger charge is -2.20. The number of hydrogen-bond acceptors (Lipinski definition) is 4. The van der Waals surface area contributed by atoms with Crippen molar-refractivity contribution in [2.75, 3.05) is 13.7 Å². The molecule has 0 saturated carbocycles. The summed E-state index contributed by atoms with van der Waals surface area (Å²) in [7, 11) is 1.58. The fourth-order valence-corrected chi connectivity index (χ4v) is 3.67. The normalized spacial score (nSPS) is 13.5. The molecule has 1 aromatic heterocycles. The number of nitrogens with zero attached hydrogens (tertiary/aromatic N) is 3. The molecule has 1 aliphatic rings.